The second-order valence-electron chi connectivity index (χ2n) is 9.01. The molecule has 0 spiro atoms. The van der Waals surface area contributed by atoms with Gasteiger partial charge in [0, 0.05) is 17.5 Å². The van der Waals surface area contributed by atoms with Crippen molar-refractivity contribution in [3.8, 4) is 0 Å². The van der Waals surface area contributed by atoms with Crippen LogP contribution in [0.4, 0.5) is 13.2 Å². The molecular formula is C24H30F3NO4S. The van der Waals surface area contributed by atoms with Crippen LogP contribution in [0.25, 0.3) is 0 Å². The lowest BCUT2D eigenvalue weighted by Gasteiger charge is -2.42. The van der Waals surface area contributed by atoms with Crippen LogP contribution in [0.2, 0.25) is 0 Å². The maximum absolute atomic E-state index is 10.7. The van der Waals surface area contributed by atoms with Crippen molar-refractivity contribution in [2.75, 3.05) is 7.05 Å². The third-order valence-electron chi connectivity index (χ3n) is 6.35. The first kappa shape index (κ1) is 25.7. The van der Waals surface area contributed by atoms with Gasteiger partial charge in [-0.05, 0) is 12.8 Å². The molecule has 0 N–H and O–H groups in total. The molecule has 0 radical (unpaired) electrons. The fraction of sp³-hybridized carbons (Fsp3) is 0.500. The van der Waals surface area contributed by atoms with Crippen molar-refractivity contribution in [1.82, 2.24) is 0 Å². The van der Waals surface area contributed by atoms with Gasteiger partial charge in [-0.2, -0.15) is 13.2 Å². The van der Waals surface area contributed by atoms with Crippen LogP contribution in [0.1, 0.15) is 43.2 Å². The number of epoxide rings is 1. The first-order valence-corrected chi connectivity index (χ1v) is 12.5. The summed E-state index contributed by atoms with van der Waals surface area (Å²) < 4.78 is 66.1. The van der Waals surface area contributed by atoms with E-state index in [2.05, 4.69) is 67.7 Å². The van der Waals surface area contributed by atoms with Crippen molar-refractivity contribution in [1.29, 1.82) is 0 Å². The van der Waals surface area contributed by atoms with Gasteiger partial charge in [0.1, 0.15) is 25.2 Å². The molecule has 2 aromatic carbocycles. The maximum Gasteiger partial charge on any atom is 0.485 e. The molecule has 0 aromatic heterocycles. The molecule has 0 bridgehead atoms. The van der Waals surface area contributed by atoms with Gasteiger partial charge in [0.25, 0.3) is 0 Å². The van der Waals surface area contributed by atoms with Crippen molar-refractivity contribution < 1.29 is 35.4 Å². The van der Waals surface area contributed by atoms with E-state index < -0.39 is 15.6 Å². The Morgan fingerprint density at radius 1 is 0.909 bits per heavy atom. The Morgan fingerprint density at radius 3 is 1.82 bits per heavy atom. The van der Waals surface area contributed by atoms with Crippen LogP contribution in [0, 0.1) is 0 Å². The maximum atomic E-state index is 10.7. The Labute approximate surface area is 193 Å². The fourth-order valence-electron chi connectivity index (χ4n) is 4.73. The molecule has 1 aliphatic heterocycles. The highest BCUT2D eigenvalue weighted by Crippen LogP contribution is 2.40. The number of benzene rings is 2. The number of rotatable bonds is 5. The SMILES string of the molecule is C[N+](Cc1ccccc1)(Cc1ccccc1)[C@@H]1CCCCC[C@H]2O[C@@H]12.O=S(=O)([O-])C(F)(F)F. The van der Waals surface area contributed by atoms with E-state index >= 15 is 0 Å². The molecular weight excluding hydrogens is 455 g/mol. The van der Waals surface area contributed by atoms with E-state index in [1.54, 1.807) is 0 Å². The third-order valence-corrected chi connectivity index (χ3v) is 6.91. The van der Waals surface area contributed by atoms with Crippen LogP contribution in [0.5, 0.6) is 0 Å². The van der Waals surface area contributed by atoms with Crippen LogP contribution in [0.15, 0.2) is 60.7 Å². The molecule has 2 aromatic rings. The quantitative estimate of drug-likeness (QED) is 0.259. The Bertz CT molecular complexity index is 942. The van der Waals surface area contributed by atoms with Crippen molar-refractivity contribution in [3.05, 3.63) is 71.8 Å². The first-order chi connectivity index (χ1) is 15.5. The number of quaternary nitrogens is 1. The molecule has 0 amide bonds. The summed E-state index contributed by atoms with van der Waals surface area (Å²) in [5.74, 6) is 0. The van der Waals surface area contributed by atoms with E-state index in [1.807, 2.05) is 0 Å². The lowest BCUT2D eigenvalue weighted by Crippen LogP contribution is -2.54. The molecule has 9 heteroatoms. The molecule has 182 valence electrons. The zero-order valence-corrected chi connectivity index (χ0v) is 19.4. The summed E-state index contributed by atoms with van der Waals surface area (Å²) in [4.78, 5) is 0. The molecule has 4 rings (SSSR count). The van der Waals surface area contributed by atoms with Crippen LogP contribution in [-0.4, -0.2) is 48.3 Å². The Balaban J connectivity index is 0.000000331. The minimum atomic E-state index is -6.09. The highest BCUT2D eigenvalue weighted by molar-refractivity contribution is 7.86. The molecule has 5 nitrogen and oxygen atoms in total. The average molecular weight is 486 g/mol. The van der Waals surface area contributed by atoms with Crippen molar-refractivity contribution >= 4 is 10.1 Å². The second-order valence-corrected chi connectivity index (χ2v) is 10.4. The summed E-state index contributed by atoms with van der Waals surface area (Å²) in [5.41, 5.74) is -2.78. The molecule has 1 saturated carbocycles. The topological polar surface area (TPSA) is 69.7 Å². The van der Waals surface area contributed by atoms with Crippen LogP contribution < -0.4 is 0 Å². The van der Waals surface area contributed by atoms with E-state index in [-0.39, 0.29) is 0 Å². The minimum absolute atomic E-state index is 0.470. The molecule has 1 heterocycles. The second kappa shape index (κ2) is 10.5. The predicted molar refractivity (Wildman–Crippen MR) is 118 cm³/mol. The Morgan fingerprint density at radius 2 is 1.36 bits per heavy atom. The fourth-order valence-corrected chi connectivity index (χ4v) is 4.73. The van der Waals surface area contributed by atoms with Gasteiger partial charge in [0.2, 0.25) is 0 Å². The minimum Gasteiger partial charge on any atom is -0.741 e. The summed E-state index contributed by atoms with van der Waals surface area (Å²) >= 11 is 0. The monoisotopic (exact) mass is 485 g/mol. The summed E-state index contributed by atoms with van der Waals surface area (Å²) in [6.45, 7) is 2.15. The lowest BCUT2D eigenvalue weighted by atomic mass is 9.93. The number of hydrogen-bond donors (Lipinski definition) is 0. The number of alkyl halides is 3. The van der Waals surface area contributed by atoms with Crippen LogP contribution >= 0.6 is 0 Å². The van der Waals surface area contributed by atoms with Gasteiger partial charge in [-0.1, -0.05) is 73.5 Å². The van der Waals surface area contributed by atoms with Gasteiger partial charge in [-0.15, -0.1) is 0 Å². The van der Waals surface area contributed by atoms with Crippen molar-refractivity contribution in [3.63, 3.8) is 0 Å². The zero-order chi connectivity index (χ0) is 24.1. The van der Waals surface area contributed by atoms with Gasteiger partial charge in [0.05, 0.1) is 13.2 Å². The third kappa shape index (κ3) is 7.27. The summed E-state index contributed by atoms with van der Waals surface area (Å²) in [6, 6.07) is 22.6. The number of likely N-dealkylation sites (N-methyl/N-ethyl adjacent to an activating group) is 1. The molecule has 1 aliphatic carbocycles. The van der Waals surface area contributed by atoms with Gasteiger partial charge in [-0.3, -0.25) is 0 Å². The van der Waals surface area contributed by atoms with E-state index in [4.69, 9.17) is 17.7 Å². The number of halogens is 3. The van der Waals surface area contributed by atoms with E-state index in [0.29, 0.717) is 18.2 Å². The van der Waals surface area contributed by atoms with Gasteiger partial charge >= 0.3 is 5.51 Å². The van der Waals surface area contributed by atoms with Crippen molar-refractivity contribution in [2.45, 2.75) is 69.0 Å². The molecule has 3 atom stereocenters. The van der Waals surface area contributed by atoms with E-state index in [9.17, 15) is 13.2 Å². The van der Waals surface area contributed by atoms with Crippen molar-refractivity contribution in [2.24, 2.45) is 0 Å². The van der Waals surface area contributed by atoms with Gasteiger partial charge < -0.3 is 13.8 Å². The number of nitrogens with zero attached hydrogens (tertiary/aromatic N) is 1. The zero-order valence-electron chi connectivity index (χ0n) is 18.6. The summed E-state index contributed by atoms with van der Waals surface area (Å²) in [7, 11) is -3.64. The predicted octanol–water partition coefficient (Wildman–Crippen LogP) is 4.98. The van der Waals surface area contributed by atoms with Gasteiger partial charge in [0.15, 0.2) is 10.1 Å². The molecule has 2 fully saturated rings. The highest BCUT2D eigenvalue weighted by atomic mass is 32.2. The first-order valence-electron chi connectivity index (χ1n) is 11.1. The van der Waals surface area contributed by atoms with E-state index in [1.165, 1.54) is 43.2 Å². The van der Waals surface area contributed by atoms with Gasteiger partial charge in [-0.25, -0.2) is 8.42 Å². The molecule has 1 saturated heterocycles. The molecule has 33 heavy (non-hydrogen) atoms. The number of hydrogen-bond acceptors (Lipinski definition) is 4. The smallest absolute Gasteiger partial charge is 0.485 e. The number of ether oxygens (including phenoxy) is 1. The number of fused-ring (bicyclic) bond motifs is 1. The largest absolute Gasteiger partial charge is 0.741 e. The van der Waals surface area contributed by atoms with Crippen LogP contribution in [0.3, 0.4) is 0 Å². The lowest BCUT2D eigenvalue weighted by molar-refractivity contribution is -0.959. The standard InChI is InChI=1S/C23H30NO.CHF3O3S/c1-24(17-19-11-5-2-6-12-19,18-20-13-7-3-8-14-20)21-15-9-4-10-16-22-23(21)25-22;2-1(3,4)8(5,6)7/h2-3,5-8,11-14,21-23H,4,9-10,15-18H2,1H3;(H,5,6,7)/q+1;/p-1/t21-,22-,23+;/m1./s1. The molecule has 2 aliphatic rings. The summed E-state index contributed by atoms with van der Waals surface area (Å²) in [5, 5.41) is 0. The Hall–Kier alpha value is -1.94. The highest BCUT2D eigenvalue weighted by Gasteiger charge is 2.52. The Kier molecular flexibility index (Phi) is 8.21. The molecule has 0 unspecified atom stereocenters. The average Bonchev–Trinajstić information content (AvgIpc) is 3.46. The van der Waals surface area contributed by atoms with Crippen LogP contribution in [-0.2, 0) is 27.9 Å². The summed E-state index contributed by atoms with van der Waals surface area (Å²) in [6.07, 6.45) is 7.59. The van der Waals surface area contributed by atoms with E-state index in [0.717, 1.165) is 17.6 Å². The normalized spacial score (nSPS) is 23.4.